The molecule has 94 valence electrons. The molecule has 0 unspecified atom stereocenters. The third-order valence-corrected chi connectivity index (χ3v) is 4.23. The van der Waals surface area contributed by atoms with E-state index in [1.807, 2.05) is 0 Å². The minimum absolute atomic E-state index is 0.296. The Balaban J connectivity index is 2.95. The molecule has 5 nitrogen and oxygen atoms in total. The highest BCUT2D eigenvalue weighted by Crippen LogP contribution is 2.24. The van der Waals surface area contributed by atoms with Crippen LogP contribution in [0, 0.1) is 0 Å². The van der Waals surface area contributed by atoms with E-state index in [0.717, 1.165) is 7.11 Å². The lowest BCUT2D eigenvalue weighted by molar-refractivity contribution is -0.137. The summed E-state index contributed by atoms with van der Waals surface area (Å²) in [5.74, 6) is -1.73. The molecule has 1 aromatic rings. The summed E-state index contributed by atoms with van der Waals surface area (Å²) >= 11 is 3.22. The van der Waals surface area contributed by atoms with E-state index in [-0.39, 0.29) is 5.75 Å². The van der Waals surface area contributed by atoms with Gasteiger partial charge >= 0.3 is 5.97 Å². The third-order valence-electron chi connectivity index (χ3n) is 2.08. The molecule has 0 saturated carbocycles. The Kier molecular flexibility index (Phi) is 4.53. The zero-order valence-electron chi connectivity index (χ0n) is 9.14. The molecule has 0 aliphatic heterocycles. The number of ether oxygens (including phenoxy) is 1. The van der Waals surface area contributed by atoms with Crippen molar-refractivity contribution in [3.8, 4) is 0 Å². The highest BCUT2D eigenvalue weighted by molar-refractivity contribution is 9.10. The van der Waals surface area contributed by atoms with Crippen LogP contribution in [0.15, 0.2) is 22.7 Å². The van der Waals surface area contributed by atoms with Crippen molar-refractivity contribution < 1.29 is 17.9 Å². The number of rotatable bonds is 4. The second-order valence-corrected chi connectivity index (χ2v) is 6.33. The van der Waals surface area contributed by atoms with Crippen molar-refractivity contribution in [2.45, 2.75) is 5.75 Å². The molecule has 0 spiro atoms. The van der Waals surface area contributed by atoms with Gasteiger partial charge in [0, 0.05) is 15.7 Å². The van der Waals surface area contributed by atoms with E-state index < -0.39 is 21.6 Å². The fraction of sp³-hybridized carbons (Fsp3) is 0.300. The number of hydrogen-bond acceptors (Lipinski definition) is 5. The molecule has 0 atom stereocenters. The van der Waals surface area contributed by atoms with Gasteiger partial charge in [0.2, 0.25) is 0 Å². The van der Waals surface area contributed by atoms with E-state index >= 15 is 0 Å². The smallest absolute Gasteiger partial charge is 0.320 e. The van der Waals surface area contributed by atoms with E-state index in [2.05, 4.69) is 20.7 Å². The van der Waals surface area contributed by atoms with Crippen LogP contribution in [0.5, 0.6) is 0 Å². The highest BCUT2D eigenvalue weighted by Gasteiger charge is 2.20. The summed E-state index contributed by atoms with van der Waals surface area (Å²) in [6, 6.07) is 5.00. The number of sulfone groups is 1. The average molecular weight is 322 g/mol. The molecule has 7 heteroatoms. The van der Waals surface area contributed by atoms with Crippen molar-refractivity contribution >= 4 is 37.4 Å². The van der Waals surface area contributed by atoms with Gasteiger partial charge in [0.15, 0.2) is 9.84 Å². The van der Waals surface area contributed by atoms with Gasteiger partial charge in [-0.15, -0.1) is 0 Å². The Labute approximate surface area is 108 Å². The number of benzene rings is 1. The molecule has 0 aromatic heterocycles. The van der Waals surface area contributed by atoms with Gasteiger partial charge in [-0.25, -0.2) is 8.42 Å². The summed E-state index contributed by atoms with van der Waals surface area (Å²) < 4.78 is 28.3. The number of carbonyl (C=O) groups is 1. The summed E-state index contributed by atoms with van der Waals surface area (Å²) in [4.78, 5) is 10.9. The third kappa shape index (κ3) is 4.01. The summed E-state index contributed by atoms with van der Waals surface area (Å²) in [5, 5.41) is 0. The Morgan fingerprint density at radius 1 is 1.47 bits per heavy atom. The summed E-state index contributed by atoms with van der Waals surface area (Å²) in [5.41, 5.74) is 6.50. The van der Waals surface area contributed by atoms with Crippen molar-refractivity contribution in [2.24, 2.45) is 0 Å². The number of esters is 1. The Bertz CT molecular complexity index is 507. The second kappa shape index (κ2) is 5.50. The number of carbonyl (C=O) groups excluding carboxylic acids is 1. The minimum Gasteiger partial charge on any atom is -0.468 e. The molecule has 0 fully saturated rings. The fourth-order valence-corrected chi connectivity index (χ4v) is 3.29. The van der Waals surface area contributed by atoms with Crippen LogP contribution in [0.25, 0.3) is 0 Å². The van der Waals surface area contributed by atoms with Gasteiger partial charge in [-0.3, -0.25) is 4.79 Å². The maximum Gasteiger partial charge on any atom is 0.320 e. The highest BCUT2D eigenvalue weighted by atomic mass is 79.9. The minimum atomic E-state index is -3.58. The van der Waals surface area contributed by atoms with E-state index in [1.54, 1.807) is 18.2 Å². The molecular weight excluding hydrogens is 310 g/mol. The Morgan fingerprint density at radius 3 is 2.65 bits per heavy atom. The molecule has 0 aliphatic carbocycles. The lowest BCUT2D eigenvalue weighted by atomic mass is 10.2. The quantitative estimate of drug-likeness (QED) is 0.663. The van der Waals surface area contributed by atoms with Crippen molar-refractivity contribution in [3.63, 3.8) is 0 Å². The van der Waals surface area contributed by atoms with Gasteiger partial charge in [0.05, 0.1) is 12.9 Å². The van der Waals surface area contributed by atoms with E-state index in [4.69, 9.17) is 5.73 Å². The van der Waals surface area contributed by atoms with Crippen molar-refractivity contribution in [1.82, 2.24) is 0 Å². The molecule has 0 saturated heterocycles. The normalized spacial score (nSPS) is 11.2. The van der Waals surface area contributed by atoms with Gasteiger partial charge in [-0.1, -0.05) is 22.0 Å². The van der Waals surface area contributed by atoms with Gasteiger partial charge < -0.3 is 10.5 Å². The first-order valence-electron chi connectivity index (χ1n) is 4.66. The van der Waals surface area contributed by atoms with Crippen LogP contribution in [0.3, 0.4) is 0 Å². The molecule has 1 rings (SSSR count). The van der Waals surface area contributed by atoms with Gasteiger partial charge in [-0.2, -0.15) is 0 Å². The van der Waals surface area contributed by atoms with Crippen LogP contribution in [0.1, 0.15) is 5.56 Å². The summed E-state index contributed by atoms with van der Waals surface area (Å²) in [6.45, 7) is 0. The predicted octanol–water partition coefficient (Wildman–Crippen LogP) is 1.12. The fourth-order valence-electron chi connectivity index (χ4n) is 1.24. The van der Waals surface area contributed by atoms with Gasteiger partial charge in [0.25, 0.3) is 0 Å². The number of nitrogen functional groups attached to an aromatic ring is 1. The Morgan fingerprint density at radius 2 is 2.12 bits per heavy atom. The maximum absolute atomic E-state index is 11.7. The summed E-state index contributed by atoms with van der Waals surface area (Å²) in [6.07, 6.45) is 0. The van der Waals surface area contributed by atoms with E-state index in [1.165, 1.54) is 0 Å². The topological polar surface area (TPSA) is 86.5 Å². The number of methoxy groups -OCH3 is 1. The van der Waals surface area contributed by atoms with Gasteiger partial charge in [0.1, 0.15) is 5.75 Å². The van der Waals surface area contributed by atoms with Crippen LogP contribution in [0.2, 0.25) is 0 Å². The molecule has 2 N–H and O–H groups in total. The average Bonchev–Trinajstić information content (AvgIpc) is 2.23. The first-order chi connectivity index (χ1) is 7.85. The zero-order chi connectivity index (χ0) is 13.1. The monoisotopic (exact) mass is 321 g/mol. The molecule has 0 radical (unpaired) electrons. The zero-order valence-corrected chi connectivity index (χ0v) is 11.5. The summed E-state index contributed by atoms with van der Waals surface area (Å²) in [7, 11) is -2.43. The first kappa shape index (κ1) is 14.0. The van der Waals surface area contributed by atoms with E-state index in [9.17, 15) is 13.2 Å². The molecule has 0 bridgehead atoms. The molecule has 1 aromatic carbocycles. The van der Waals surface area contributed by atoms with Gasteiger partial charge in [-0.05, 0) is 12.1 Å². The number of hydrogen-bond donors (Lipinski definition) is 1. The van der Waals surface area contributed by atoms with Crippen LogP contribution in [-0.2, 0) is 25.1 Å². The lowest BCUT2D eigenvalue weighted by Crippen LogP contribution is -2.19. The van der Waals surface area contributed by atoms with Crippen LogP contribution < -0.4 is 5.73 Å². The molecule has 0 heterocycles. The van der Waals surface area contributed by atoms with Crippen molar-refractivity contribution in [1.29, 1.82) is 0 Å². The first-order valence-corrected chi connectivity index (χ1v) is 7.27. The molecule has 0 amide bonds. The molecule has 0 aliphatic rings. The van der Waals surface area contributed by atoms with Crippen LogP contribution in [0.4, 0.5) is 5.69 Å². The number of anilines is 1. The van der Waals surface area contributed by atoms with Crippen molar-refractivity contribution in [2.75, 3.05) is 18.6 Å². The Hall–Kier alpha value is -1.08. The van der Waals surface area contributed by atoms with Crippen LogP contribution >= 0.6 is 15.9 Å². The SMILES string of the molecule is COC(=O)CS(=O)(=O)Cc1c(N)cccc1Br. The predicted molar refractivity (Wildman–Crippen MR) is 68.1 cm³/mol. The van der Waals surface area contributed by atoms with Crippen LogP contribution in [-0.4, -0.2) is 27.2 Å². The van der Waals surface area contributed by atoms with Crippen molar-refractivity contribution in [3.05, 3.63) is 28.2 Å². The number of halogens is 1. The van der Waals surface area contributed by atoms with E-state index in [0.29, 0.717) is 15.7 Å². The second-order valence-electron chi connectivity index (χ2n) is 3.42. The lowest BCUT2D eigenvalue weighted by Gasteiger charge is -2.08. The maximum atomic E-state index is 11.7. The number of nitrogens with two attached hydrogens (primary N) is 1. The standard InChI is InChI=1S/C10H12BrNO4S/c1-16-10(13)6-17(14,15)5-7-8(11)3-2-4-9(7)12/h2-4H,5-6,12H2,1H3. The molecule has 17 heavy (non-hydrogen) atoms. The molecular formula is C10H12BrNO4S. The largest absolute Gasteiger partial charge is 0.468 e.